The molecule has 0 spiro atoms. The van der Waals surface area contributed by atoms with Gasteiger partial charge in [0.15, 0.2) is 0 Å². The highest BCUT2D eigenvalue weighted by atomic mass is 14.5. The number of anilines is 1. The quantitative estimate of drug-likeness (QED) is 0.519. The molecule has 0 saturated heterocycles. The van der Waals surface area contributed by atoms with E-state index in [4.69, 9.17) is 5.73 Å². The van der Waals surface area contributed by atoms with Crippen molar-refractivity contribution in [3.8, 4) is 0 Å². The van der Waals surface area contributed by atoms with Crippen molar-refractivity contribution in [3.63, 3.8) is 0 Å². The first-order valence-electron chi connectivity index (χ1n) is 2.88. The Morgan fingerprint density at radius 1 is 1.44 bits per heavy atom. The third kappa shape index (κ3) is 1.22. The van der Waals surface area contributed by atoms with Crippen LogP contribution in [0.4, 0.5) is 5.69 Å². The maximum Gasteiger partial charge on any atom is 0.0346 e. The van der Waals surface area contributed by atoms with Gasteiger partial charge in [0.05, 0.1) is 0 Å². The molecule has 0 aliphatic heterocycles. The van der Waals surface area contributed by atoms with Gasteiger partial charge in [0.25, 0.3) is 0 Å². The lowest BCUT2D eigenvalue weighted by Gasteiger charge is -1.98. The number of hydrogen-bond acceptors (Lipinski definition) is 1. The molecule has 1 radical (unpaired) electrons. The van der Waals surface area contributed by atoms with Gasteiger partial charge in [-0.05, 0) is 31.0 Å². The molecule has 1 rings (SSSR count). The summed E-state index contributed by atoms with van der Waals surface area (Å²) in [7, 11) is 0. The molecule has 0 bridgehead atoms. The normalized spacial score (nSPS) is 9.56. The van der Waals surface area contributed by atoms with E-state index >= 15 is 0 Å². The van der Waals surface area contributed by atoms with Crippen molar-refractivity contribution in [1.29, 1.82) is 0 Å². The fourth-order valence-corrected chi connectivity index (χ4v) is 0.690. The van der Waals surface area contributed by atoms with E-state index < -0.39 is 0 Å². The minimum atomic E-state index is 0.822. The van der Waals surface area contributed by atoms with Crippen LogP contribution in [-0.2, 0) is 0 Å². The van der Waals surface area contributed by atoms with Crippen LogP contribution in [0.3, 0.4) is 0 Å². The van der Waals surface area contributed by atoms with E-state index in [1.807, 2.05) is 25.1 Å². The molecule has 1 nitrogen and oxygen atoms in total. The fourth-order valence-electron chi connectivity index (χ4n) is 0.690. The molecule has 0 unspecified atom stereocenters. The summed E-state index contributed by atoms with van der Waals surface area (Å²) in [5.41, 5.74) is 8.49. The van der Waals surface area contributed by atoms with Crippen molar-refractivity contribution in [2.45, 2.75) is 6.92 Å². The van der Waals surface area contributed by atoms with Crippen LogP contribution in [0.1, 0.15) is 11.1 Å². The zero-order chi connectivity index (χ0) is 6.85. The Kier molecular flexibility index (Phi) is 1.43. The van der Waals surface area contributed by atoms with Gasteiger partial charge in [-0.15, -0.1) is 0 Å². The first-order chi connectivity index (χ1) is 4.20. The molecule has 1 heteroatoms. The van der Waals surface area contributed by atoms with Crippen molar-refractivity contribution in [1.82, 2.24) is 0 Å². The minimum Gasteiger partial charge on any atom is -0.399 e. The maximum absolute atomic E-state index is 5.58. The number of aryl methyl sites for hydroxylation is 1. The lowest BCUT2D eigenvalue weighted by atomic mass is 10.1. The highest BCUT2D eigenvalue weighted by Crippen LogP contribution is 2.10. The Morgan fingerprint density at radius 2 is 2.11 bits per heavy atom. The summed E-state index contributed by atoms with van der Waals surface area (Å²) >= 11 is 0. The molecular formula is C8H10N. The first-order valence-corrected chi connectivity index (χ1v) is 2.88. The summed E-state index contributed by atoms with van der Waals surface area (Å²) < 4.78 is 0. The van der Waals surface area contributed by atoms with Crippen LogP contribution in [0, 0.1) is 13.8 Å². The topological polar surface area (TPSA) is 26.0 Å². The minimum absolute atomic E-state index is 0.822. The van der Waals surface area contributed by atoms with E-state index in [2.05, 4.69) is 6.92 Å². The lowest BCUT2D eigenvalue weighted by molar-refractivity contribution is 1.45. The van der Waals surface area contributed by atoms with Crippen LogP contribution in [-0.4, -0.2) is 0 Å². The summed E-state index contributed by atoms with van der Waals surface area (Å²) in [6.07, 6.45) is 0. The second-order valence-corrected chi connectivity index (χ2v) is 2.19. The Balaban J connectivity index is 3.17. The molecule has 1 aromatic rings. The molecule has 0 fully saturated rings. The zero-order valence-corrected chi connectivity index (χ0v) is 5.52. The average Bonchev–Trinajstić information content (AvgIpc) is 1.80. The Morgan fingerprint density at radius 3 is 2.56 bits per heavy atom. The van der Waals surface area contributed by atoms with Gasteiger partial charge < -0.3 is 5.73 Å². The summed E-state index contributed by atoms with van der Waals surface area (Å²) in [5, 5.41) is 0. The van der Waals surface area contributed by atoms with Crippen molar-refractivity contribution in [2.24, 2.45) is 0 Å². The van der Waals surface area contributed by atoms with Crippen LogP contribution in [0.2, 0.25) is 0 Å². The van der Waals surface area contributed by atoms with Crippen LogP contribution < -0.4 is 5.73 Å². The van der Waals surface area contributed by atoms with Gasteiger partial charge in [-0.3, -0.25) is 0 Å². The molecule has 0 atom stereocenters. The van der Waals surface area contributed by atoms with Gasteiger partial charge in [-0.2, -0.15) is 0 Å². The summed E-state index contributed by atoms with van der Waals surface area (Å²) in [6, 6.07) is 5.79. The molecular weight excluding hydrogens is 110 g/mol. The van der Waals surface area contributed by atoms with Crippen molar-refractivity contribution >= 4 is 5.69 Å². The van der Waals surface area contributed by atoms with E-state index in [-0.39, 0.29) is 0 Å². The third-order valence-electron chi connectivity index (χ3n) is 1.34. The first kappa shape index (κ1) is 6.14. The summed E-state index contributed by atoms with van der Waals surface area (Å²) in [5.74, 6) is 0. The molecule has 2 N–H and O–H groups in total. The number of rotatable bonds is 0. The van der Waals surface area contributed by atoms with Crippen LogP contribution in [0.15, 0.2) is 18.2 Å². The second-order valence-electron chi connectivity index (χ2n) is 2.19. The molecule has 0 heterocycles. The predicted molar refractivity (Wildman–Crippen MR) is 40.1 cm³/mol. The van der Waals surface area contributed by atoms with Gasteiger partial charge in [0.2, 0.25) is 0 Å². The van der Waals surface area contributed by atoms with Crippen LogP contribution in [0.25, 0.3) is 0 Å². The standard InChI is InChI=1S/C8H10N/c1-6-3-4-7(2)8(9)5-6/h3-5H,1,9H2,2H3. The van der Waals surface area contributed by atoms with E-state index in [0.717, 1.165) is 16.8 Å². The van der Waals surface area contributed by atoms with E-state index in [0.29, 0.717) is 0 Å². The Labute approximate surface area is 55.5 Å². The van der Waals surface area contributed by atoms with Gasteiger partial charge >= 0.3 is 0 Å². The summed E-state index contributed by atoms with van der Waals surface area (Å²) in [4.78, 5) is 0. The molecule has 0 amide bonds. The highest BCUT2D eigenvalue weighted by molar-refractivity contribution is 5.48. The smallest absolute Gasteiger partial charge is 0.0346 e. The Hall–Kier alpha value is -0.980. The summed E-state index contributed by atoms with van der Waals surface area (Å²) in [6.45, 7) is 5.72. The average molecular weight is 120 g/mol. The van der Waals surface area contributed by atoms with Crippen molar-refractivity contribution in [2.75, 3.05) is 5.73 Å². The number of nitrogen functional groups attached to an aromatic ring is 1. The van der Waals surface area contributed by atoms with Crippen molar-refractivity contribution in [3.05, 3.63) is 36.2 Å². The van der Waals surface area contributed by atoms with E-state index in [9.17, 15) is 0 Å². The number of benzene rings is 1. The molecule has 1 aromatic carbocycles. The van der Waals surface area contributed by atoms with Gasteiger partial charge in [-0.1, -0.05) is 12.1 Å². The van der Waals surface area contributed by atoms with Crippen molar-refractivity contribution < 1.29 is 0 Å². The van der Waals surface area contributed by atoms with Gasteiger partial charge in [-0.25, -0.2) is 0 Å². The third-order valence-corrected chi connectivity index (χ3v) is 1.34. The molecule has 0 aromatic heterocycles. The fraction of sp³-hybridized carbons (Fsp3) is 0.125. The maximum atomic E-state index is 5.58. The lowest BCUT2D eigenvalue weighted by Crippen LogP contribution is -1.88. The largest absolute Gasteiger partial charge is 0.399 e. The second kappa shape index (κ2) is 2.09. The van der Waals surface area contributed by atoms with Crippen LogP contribution >= 0.6 is 0 Å². The van der Waals surface area contributed by atoms with Gasteiger partial charge in [0.1, 0.15) is 0 Å². The number of hydrogen-bond donors (Lipinski definition) is 1. The van der Waals surface area contributed by atoms with Crippen LogP contribution in [0.5, 0.6) is 0 Å². The SMILES string of the molecule is [CH2]c1ccc(C)c(N)c1. The molecule has 0 aliphatic carbocycles. The Bertz CT molecular complexity index is 216. The predicted octanol–water partition coefficient (Wildman–Crippen LogP) is 1.76. The number of nitrogens with two attached hydrogens (primary N) is 1. The zero-order valence-electron chi connectivity index (χ0n) is 5.52. The van der Waals surface area contributed by atoms with Gasteiger partial charge in [0, 0.05) is 5.69 Å². The molecule has 0 aliphatic rings. The van der Waals surface area contributed by atoms with E-state index in [1.165, 1.54) is 0 Å². The monoisotopic (exact) mass is 120 g/mol. The molecule has 47 valence electrons. The molecule has 9 heavy (non-hydrogen) atoms. The molecule has 0 saturated carbocycles. The highest BCUT2D eigenvalue weighted by Gasteiger charge is 1.89. The van der Waals surface area contributed by atoms with E-state index in [1.54, 1.807) is 0 Å².